The van der Waals surface area contributed by atoms with Crippen molar-refractivity contribution in [2.24, 2.45) is 0 Å². The highest BCUT2D eigenvalue weighted by Gasteiger charge is 2.19. The lowest BCUT2D eigenvalue weighted by molar-refractivity contribution is -0.119. The van der Waals surface area contributed by atoms with Crippen molar-refractivity contribution in [2.75, 3.05) is 57.5 Å². The Morgan fingerprint density at radius 3 is 2.63 bits per heavy atom. The molecule has 1 aromatic rings. The number of likely N-dealkylation sites (N-methyl/N-ethyl adjacent to an activating group) is 2. The number of hydrogen-bond donors (Lipinski definition) is 1. The number of hydrogen-bond acceptors (Lipinski definition) is 4. The maximum absolute atomic E-state index is 12.2. The molecular formula is C14H22N4O. The van der Waals surface area contributed by atoms with Crippen LogP contribution in [0.4, 0.5) is 11.4 Å². The van der Waals surface area contributed by atoms with E-state index in [2.05, 4.69) is 16.8 Å². The van der Waals surface area contributed by atoms with Crippen molar-refractivity contribution in [3.05, 3.63) is 24.3 Å². The number of amides is 1. The molecule has 1 aliphatic rings. The van der Waals surface area contributed by atoms with Gasteiger partial charge in [-0.15, -0.1) is 0 Å². The number of nitrogens with zero attached hydrogens (tertiary/aromatic N) is 3. The summed E-state index contributed by atoms with van der Waals surface area (Å²) in [6, 6.07) is 7.41. The third kappa shape index (κ3) is 3.68. The first-order valence-electron chi connectivity index (χ1n) is 6.59. The topological polar surface area (TPSA) is 52.8 Å². The number of piperazine rings is 1. The summed E-state index contributed by atoms with van der Waals surface area (Å²) in [6.07, 6.45) is 0. The van der Waals surface area contributed by atoms with Crippen LogP contribution < -0.4 is 10.6 Å². The SMILES string of the molecule is CN1CCN(CC(=O)N(C)c2cccc(N)c2)CC1. The Morgan fingerprint density at radius 1 is 1.32 bits per heavy atom. The fourth-order valence-electron chi connectivity index (χ4n) is 2.18. The van der Waals surface area contributed by atoms with Gasteiger partial charge in [-0.3, -0.25) is 9.69 Å². The van der Waals surface area contributed by atoms with E-state index in [9.17, 15) is 4.79 Å². The minimum atomic E-state index is 0.107. The van der Waals surface area contributed by atoms with Crippen LogP contribution in [0.3, 0.4) is 0 Å². The van der Waals surface area contributed by atoms with E-state index in [-0.39, 0.29) is 5.91 Å². The molecule has 1 amide bonds. The van der Waals surface area contributed by atoms with Crippen LogP contribution >= 0.6 is 0 Å². The van der Waals surface area contributed by atoms with Gasteiger partial charge in [0.2, 0.25) is 5.91 Å². The van der Waals surface area contributed by atoms with Gasteiger partial charge in [-0.1, -0.05) is 6.07 Å². The molecule has 0 unspecified atom stereocenters. The Bertz CT molecular complexity index is 441. The van der Waals surface area contributed by atoms with E-state index >= 15 is 0 Å². The molecule has 0 spiro atoms. The standard InChI is InChI=1S/C14H22N4O/c1-16-6-8-18(9-7-16)11-14(19)17(2)13-5-3-4-12(15)10-13/h3-5,10H,6-9,11,15H2,1-2H3. The van der Waals surface area contributed by atoms with Gasteiger partial charge in [0.25, 0.3) is 0 Å². The van der Waals surface area contributed by atoms with Gasteiger partial charge in [-0.2, -0.15) is 0 Å². The first-order valence-corrected chi connectivity index (χ1v) is 6.59. The summed E-state index contributed by atoms with van der Waals surface area (Å²) in [7, 11) is 3.91. The van der Waals surface area contributed by atoms with E-state index in [0.29, 0.717) is 12.2 Å². The third-order valence-corrected chi connectivity index (χ3v) is 3.59. The lowest BCUT2D eigenvalue weighted by Crippen LogP contribution is -2.48. The minimum absolute atomic E-state index is 0.107. The molecule has 0 aromatic heterocycles. The van der Waals surface area contributed by atoms with Gasteiger partial charge in [0, 0.05) is 44.6 Å². The molecule has 1 fully saturated rings. The molecule has 104 valence electrons. The van der Waals surface area contributed by atoms with Crippen molar-refractivity contribution in [1.82, 2.24) is 9.80 Å². The van der Waals surface area contributed by atoms with E-state index in [0.717, 1.165) is 31.9 Å². The molecule has 5 heteroatoms. The second-order valence-corrected chi connectivity index (χ2v) is 5.13. The Hall–Kier alpha value is -1.59. The van der Waals surface area contributed by atoms with Gasteiger partial charge in [-0.25, -0.2) is 0 Å². The van der Waals surface area contributed by atoms with Crippen molar-refractivity contribution >= 4 is 17.3 Å². The van der Waals surface area contributed by atoms with Gasteiger partial charge in [0.15, 0.2) is 0 Å². The predicted octanol–water partition coefficient (Wildman–Crippen LogP) is 0.479. The second kappa shape index (κ2) is 6.04. The zero-order valence-corrected chi connectivity index (χ0v) is 11.7. The smallest absolute Gasteiger partial charge is 0.240 e. The van der Waals surface area contributed by atoms with E-state index in [4.69, 9.17) is 5.73 Å². The summed E-state index contributed by atoms with van der Waals surface area (Å²) in [5.41, 5.74) is 7.27. The molecule has 5 nitrogen and oxygen atoms in total. The predicted molar refractivity (Wildman–Crippen MR) is 78.2 cm³/mol. The van der Waals surface area contributed by atoms with Crippen molar-refractivity contribution in [3.8, 4) is 0 Å². The molecule has 1 saturated heterocycles. The molecule has 0 bridgehead atoms. The molecule has 0 atom stereocenters. The number of nitrogens with two attached hydrogens (primary N) is 1. The first kappa shape index (κ1) is 13.8. The minimum Gasteiger partial charge on any atom is -0.399 e. The third-order valence-electron chi connectivity index (χ3n) is 3.59. The van der Waals surface area contributed by atoms with Crippen LogP contribution in [0.15, 0.2) is 24.3 Å². The van der Waals surface area contributed by atoms with Gasteiger partial charge in [0.05, 0.1) is 6.54 Å². The number of carbonyl (C=O) groups is 1. The first-order chi connectivity index (χ1) is 9.06. The fraction of sp³-hybridized carbons (Fsp3) is 0.500. The molecule has 0 radical (unpaired) electrons. The molecule has 0 aliphatic carbocycles. The normalized spacial score (nSPS) is 17.4. The Labute approximate surface area is 114 Å². The van der Waals surface area contributed by atoms with Gasteiger partial charge >= 0.3 is 0 Å². The van der Waals surface area contributed by atoms with E-state index in [1.165, 1.54) is 0 Å². The molecule has 2 N–H and O–H groups in total. The summed E-state index contributed by atoms with van der Waals surface area (Å²) < 4.78 is 0. The van der Waals surface area contributed by atoms with E-state index in [1.54, 1.807) is 11.9 Å². The summed E-state index contributed by atoms with van der Waals surface area (Å²) in [6.45, 7) is 4.42. The van der Waals surface area contributed by atoms with Gasteiger partial charge in [-0.05, 0) is 25.2 Å². The molecule has 0 saturated carbocycles. The van der Waals surface area contributed by atoms with Crippen molar-refractivity contribution in [3.63, 3.8) is 0 Å². The summed E-state index contributed by atoms with van der Waals surface area (Å²) in [5, 5.41) is 0. The van der Waals surface area contributed by atoms with E-state index in [1.807, 2.05) is 24.3 Å². The zero-order chi connectivity index (χ0) is 13.8. The lowest BCUT2D eigenvalue weighted by Gasteiger charge is -2.32. The zero-order valence-electron chi connectivity index (χ0n) is 11.7. The monoisotopic (exact) mass is 262 g/mol. The summed E-state index contributed by atoms with van der Waals surface area (Å²) in [5.74, 6) is 0.107. The number of carbonyl (C=O) groups excluding carboxylic acids is 1. The maximum atomic E-state index is 12.2. The average Bonchev–Trinajstić information content (AvgIpc) is 2.40. The fourth-order valence-corrected chi connectivity index (χ4v) is 2.18. The van der Waals surface area contributed by atoms with E-state index < -0.39 is 0 Å². The van der Waals surface area contributed by atoms with Crippen LogP contribution in [-0.4, -0.2) is 62.5 Å². The van der Waals surface area contributed by atoms with Crippen LogP contribution in [0.25, 0.3) is 0 Å². The number of benzene rings is 1. The molecule has 1 heterocycles. The Kier molecular flexibility index (Phi) is 4.39. The molecular weight excluding hydrogens is 240 g/mol. The molecule has 2 rings (SSSR count). The number of anilines is 2. The van der Waals surface area contributed by atoms with Crippen LogP contribution in [0.2, 0.25) is 0 Å². The van der Waals surface area contributed by atoms with Crippen LogP contribution in [-0.2, 0) is 4.79 Å². The lowest BCUT2D eigenvalue weighted by atomic mass is 10.2. The van der Waals surface area contributed by atoms with Crippen molar-refractivity contribution in [2.45, 2.75) is 0 Å². The van der Waals surface area contributed by atoms with Crippen molar-refractivity contribution in [1.29, 1.82) is 0 Å². The molecule has 19 heavy (non-hydrogen) atoms. The molecule has 1 aliphatic heterocycles. The quantitative estimate of drug-likeness (QED) is 0.805. The highest BCUT2D eigenvalue weighted by molar-refractivity contribution is 5.94. The molecule has 1 aromatic carbocycles. The maximum Gasteiger partial charge on any atom is 0.240 e. The number of nitrogen functional groups attached to an aromatic ring is 1. The van der Waals surface area contributed by atoms with Crippen LogP contribution in [0, 0.1) is 0 Å². The van der Waals surface area contributed by atoms with Crippen LogP contribution in [0.5, 0.6) is 0 Å². The summed E-state index contributed by atoms with van der Waals surface area (Å²) in [4.78, 5) is 18.4. The second-order valence-electron chi connectivity index (χ2n) is 5.13. The largest absolute Gasteiger partial charge is 0.399 e. The average molecular weight is 262 g/mol. The highest BCUT2D eigenvalue weighted by atomic mass is 16.2. The van der Waals surface area contributed by atoms with Crippen LogP contribution in [0.1, 0.15) is 0 Å². The number of rotatable bonds is 3. The Balaban J connectivity index is 1.92. The van der Waals surface area contributed by atoms with Crippen molar-refractivity contribution < 1.29 is 4.79 Å². The summed E-state index contributed by atoms with van der Waals surface area (Å²) >= 11 is 0. The van der Waals surface area contributed by atoms with Gasteiger partial charge < -0.3 is 15.5 Å². The van der Waals surface area contributed by atoms with Gasteiger partial charge in [0.1, 0.15) is 0 Å². The Morgan fingerprint density at radius 2 is 2.00 bits per heavy atom. The highest BCUT2D eigenvalue weighted by Crippen LogP contribution is 2.16.